The lowest BCUT2D eigenvalue weighted by Gasteiger charge is -1.96. The van der Waals surface area contributed by atoms with Gasteiger partial charge >= 0.3 is 5.97 Å². The van der Waals surface area contributed by atoms with Gasteiger partial charge in [0.25, 0.3) is 10.1 Å². The topological polar surface area (TPSA) is 80.7 Å². The lowest BCUT2D eigenvalue weighted by Crippen LogP contribution is -2.10. The number of hydrogen-bond acceptors (Lipinski definition) is 4. The third-order valence-corrected chi connectivity index (χ3v) is 1.62. The number of allylic oxidation sites excluding steroid dienone is 1. The first-order valence-corrected chi connectivity index (χ1v) is 4.82. The van der Waals surface area contributed by atoms with Crippen molar-refractivity contribution in [2.75, 3.05) is 5.75 Å². The van der Waals surface area contributed by atoms with Crippen molar-refractivity contribution in [3.05, 3.63) is 12.3 Å². The Labute approximate surface area is 70.8 Å². The molecule has 0 aliphatic heterocycles. The fourth-order valence-corrected chi connectivity index (χ4v) is 0.840. The van der Waals surface area contributed by atoms with Crippen LogP contribution >= 0.6 is 0 Å². The smallest absolute Gasteiger partial charge is 0.311 e. The summed E-state index contributed by atoms with van der Waals surface area (Å²) in [5.41, 5.74) is 0. The molecule has 0 radical (unpaired) electrons. The normalized spacial score (nSPS) is 11.8. The summed E-state index contributed by atoms with van der Waals surface area (Å²) in [6.07, 6.45) is 2.29. The molecule has 0 aliphatic carbocycles. The van der Waals surface area contributed by atoms with Gasteiger partial charge < -0.3 is 4.74 Å². The van der Waals surface area contributed by atoms with Gasteiger partial charge in [-0.15, -0.1) is 0 Å². The van der Waals surface area contributed by atoms with Gasteiger partial charge in [-0.1, -0.05) is 6.08 Å². The summed E-state index contributed by atoms with van der Waals surface area (Å²) in [6.45, 7) is 1.65. The Morgan fingerprint density at radius 2 is 2.17 bits per heavy atom. The highest BCUT2D eigenvalue weighted by molar-refractivity contribution is 7.85. The molecule has 1 N–H and O–H groups in total. The maximum atomic E-state index is 10.6. The highest BCUT2D eigenvalue weighted by Gasteiger charge is 2.09. The van der Waals surface area contributed by atoms with E-state index in [0.29, 0.717) is 0 Å². The van der Waals surface area contributed by atoms with Gasteiger partial charge in [0.05, 0.1) is 18.4 Å². The van der Waals surface area contributed by atoms with E-state index >= 15 is 0 Å². The summed E-state index contributed by atoms with van der Waals surface area (Å²) < 4.78 is 32.9. The molecule has 0 rings (SSSR count). The van der Waals surface area contributed by atoms with Crippen LogP contribution in [-0.4, -0.2) is 24.7 Å². The summed E-state index contributed by atoms with van der Waals surface area (Å²) in [5, 5.41) is 0. The molecule has 0 aromatic heterocycles. The van der Waals surface area contributed by atoms with Crippen molar-refractivity contribution >= 4 is 16.1 Å². The Kier molecular flexibility index (Phi) is 4.53. The first-order valence-electron chi connectivity index (χ1n) is 3.21. The summed E-state index contributed by atoms with van der Waals surface area (Å²) in [5.74, 6) is -1.30. The minimum atomic E-state index is -4.07. The molecule has 0 saturated heterocycles. The zero-order valence-corrected chi connectivity index (χ0v) is 7.37. The number of rotatable bonds is 4. The lowest BCUT2D eigenvalue weighted by molar-refractivity contribution is -0.137. The van der Waals surface area contributed by atoms with Crippen LogP contribution in [0.2, 0.25) is 0 Å². The highest BCUT2D eigenvalue weighted by atomic mass is 32.2. The van der Waals surface area contributed by atoms with Gasteiger partial charge in [-0.2, -0.15) is 8.42 Å². The van der Waals surface area contributed by atoms with E-state index < -0.39 is 21.8 Å². The first-order chi connectivity index (χ1) is 5.45. The molecule has 0 spiro atoms. The standard InChI is InChI=1S/C6H10O5S/c1-2-4-11-6(7)3-5-12(8,9)10/h2,4H,3,5H2,1H3,(H,8,9,10)/b4-2+. The molecule has 0 saturated carbocycles. The second kappa shape index (κ2) is 4.89. The molecule has 0 amide bonds. The molecule has 0 bridgehead atoms. The minimum Gasteiger partial charge on any atom is -0.435 e. The van der Waals surface area contributed by atoms with E-state index in [4.69, 9.17) is 4.55 Å². The summed E-state index contributed by atoms with van der Waals surface area (Å²) in [4.78, 5) is 10.6. The molecule has 0 aliphatic rings. The van der Waals surface area contributed by atoms with Crippen molar-refractivity contribution in [3.63, 3.8) is 0 Å². The van der Waals surface area contributed by atoms with E-state index in [9.17, 15) is 13.2 Å². The van der Waals surface area contributed by atoms with Crippen LogP contribution < -0.4 is 0 Å². The number of carbonyl (C=O) groups excluding carboxylic acids is 1. The molecule has 12 heavy (non-hydrogen) atoms. The zero-order valence-electron chi connectivity index (χ0n) is 6.56. The predicted octanol–water partition coefficient (Wildman–Crippen LogP) is 0.341. The number of hydrogen-bond donors (Lipinski definition) is 1. The Balaban J connectivity index is 3.73. The molecule has 5 nitrogen and oxygen atoms in total. The van der Waals surface area contributed by atoms with E-state index in [1.807, 2.05) is 0 Å². The Morgan fingerprint density at radius 1 is 1.58 bits per heavy atom. The van der Waals surface area contributed by atoms with Crippen LogP contribution in [0.15, 0.2) is 12.3 Å². The van der Waals surface area contributed by atoms with Gasteiger partial charge in [0.2, 0.25) is 0 Å². The van der Waals surface area contributed by atoms with Crippen LogP contribution in [0.5, 0.6) is 0 Å². The first kappa shape index (κ1) is 11.1. The molecule has 0 fully saturated rings. The van der Waals surface area contributed by atoms with Gasteiger partial charge in [0, 0.05) is 0 Å². The molecule has 0 unspecified atom stereocenters. The second-order valence-electron chi connectivity index (χ2n) is 2.00. The molecule has 70 valence electrons. The van der Waals surface area contributed by atoms with Crippen LogP contribution in [-0.2, 0) is 19.6 Å². The van der Waals surface area contributed by atoms with Gasteiger partial charge in [-0.25, -0.2) is 0 Å². The van der Waals surface area contributed by atoms with Crippen molar-refractivity contribution in [2.45, 2.75) is 13.3 Å². The Morgan fingerprint density at radius 3 is 2.58 bits per heavy atom. The summed E-state index contributed by atoms with van der Waals surface area (Å²) >= 11 is 0. The maximum Gasteiger partial charge on any atom is 0.311 e. The number of carbonyl (C=O) groups is 1. The largest absolute Gasteiger partial charge is 0.435 e. The van der Waals surface area contributed by atoms with Crippen LogP contribution in [0.1, 0.15) is 13.3 Å². The maximum absolute atomic E-state index is 10.6. The van der Waals surface area contributed by atoms with E-state index in [2.05, 4.69) is 4.74 Å². The molecule has 6 heteroatoms. The van der Waals surface area contributed by atoms with Crippen molar-refractivity contribution < 1.29 is 22.5 Å². The fourth-order valence-electron chi connectivity index (χ4n) is 0.415. The Bertz CT molecular complexity index is 264. The van der Waals surface area contributed by atoms with E-state index in [0.717, 1.165) is 6.26 Å². The van der Waals surface area contributed by atoms with Crippen molar-refractivity contribution in [1.82, 2.24) is 0 Å². The number of esters is 1. The van der Waals surface area contributed by atoms with Gasteiger partial charge in [0.1, 0.15) is 0 Å². The molecular formula is C6H10O5S. The van der Waals surface area contributed by atoms with E-state index in [1.165, 1.54) is 6.08 Å². The minimum absolute atomic E-state index is 0.344. The van der Waals surface area contributed by atoms with E-state index in [1.54, 1.807) is 6.92 Å². The van der Waals surface area contributed by atoms with Gasteiger partial charge in [0.15, 0.2) is 0 Å². The second-order valence-corrected chi connectivity index (χ2v) is 3.57. The number of ether oxygens (including phenoxy) is 1. The van der Waals surface area contributed by atoms with Gasteiger partial charge in [-0.05, 0) is 6.92 Å². The monoisotopic (exact) mass is 194 g/mol. The molecule has 0 aromatic carbocycles. The van der Waals surface area contributed by atoms with Crippen molar-refractivity contribution in [3.8, 4) is 0 Å². The van der Waals surface area contributed by atoms with Crippen LogP contribution in [0.3, 0.4) is 0 Å². The third kappa shape index (κ3) is 7.23. The fraction of sp³-hybridized carbons (Fsp3) is 0.500. The molecule has 0 atom stereocenters. The van der Waals surface area contributed by atoms with Crippen molar-refractivity contribution in [1.29, 1.82) is 0 Å². The van der Waals surface area contributed by atoms with Crippen LogP contribution in [0.4, 0.5) is 0 Å². The quantitative estimate of drug-likeness (QED) is 0.396. The third-order valence-electron chi connectivity index (χ3n) is 0.900. The average molecular weight is 194 g/mol. The van der Waals surface area contributed by atoms with Gasteiger partial charge in [-0.3, -0.25) is 9.35 Å². The van der Waals surface area contributed by atoms with Crippen LogP contribution in [0, 0.1) is 0 Å². The van der Waals surface area contributed by atoms with E-state index in [-0.39, 0.29) is 6.42 Å². The predicted molar refractivity (Wildman–Crippen MR) is 41.9 cm³/mol. The van der Waals surface area contributed by atoms with Crippen LogP contribution in [0.25, 0.3) is 0 Å². The molecule has 0 aromatic rings. The summed E-state index contributed by atoms with van der Waals surface area (Å²) in [6, 6.07) is 0. The summed E-state index contributed by atoms with van der Waals surface area (Å²) in [7, 11) is -4.07. The SMILES string of the molecule is C/C=C/OC(=O)CCS(=O)(=O)O. The zero-order chi connectivity index (χ0) is 9.61. The molecular weight excluding hydrogens is 184 g/mol. The van der Waals surface area contributed by atoms with Crippen molar-refractivity contribution in [2.24, 2.45) is 0 Å². The average Bonchev–Trinajstić information content (AvgIpc) is 1.95. The highest BCUT2D eigenvalue weighted by Crippen LogP contribution is 1.92. The Hall–Kier alpha value is -0.880. The lowest BCUT2D eigenvalue weighted by atomic mass is 10.5. The molecule has 0 heterocycles.